The highest BCUT2D eigenvalue weighted by Gasteiger charge is 2.29. The van der Waals surface area contributed by atoms with Crippen LogP contribution in [0.4, 0.5) is 10.1 Å². The third kappa shape index (κ3) is 4.58. The molecule has 0 radical (unpaired) electrons. The van der Waals surface area contributed by atoms with Crippen molar-refractivity contribution < 1.29 is 22.3 Å². The van der Waals surface area contributed by atoms with Gasteiger partial charge in [0.15, 0.2) is 0 Å². The Hall–Kier alpha value is -3.17. The van der Waals surface area contributed by atoms with E-state index in [9.17, 15) is 17.6 Å². The van der Waals surface area contributed by atoms with Gasteiger partial charge in [-0.15, -0.1) is 0 Å². The van der Waals surface area contributed by atoms with Crippen LogP contribution in [0.1, 0.15) is 41.0 Å². The quantitative estimate of drug-likeness (QED) is 0.550. The molecule has 180 valence electrons. The SMILES string of the molecule is COc1ccc(NC(=O)c2cc(C)n(-c3ccc(F)cc3)c2C)cc1S(=O)(=O)N1CCCCC1. The van der Waals surface area contributed by atoms with E-state index in [0.29, 0.717) is 30.0 Å². The molecule has 9 heteroatoms. The van der Waals surface area contributed by atoms with E-state index in [-0.39, 0.29) is 22.4 Å². The maximum Gasteiger partial charge on any atom is 0.257 e. The third-order valence-electron chi connectivity index (χ3n) is 6.11. The number of nitrogens with one attached hydrogen (secondary N) is 1. The Labute approximate surface area is 199 Å². The van der Waals surface area contributed by atoms with E-state index < -0.39 is 10.0 Å². The van der Waals surface area contributed by atoms with Crippen molar-refractivity contribution in [1.82, 2.24) is 8.87 Å². The van der Waals surface area contributed by atoms with Crippen LogP contribution in [0.5, 0.6) is 5.75 Å². The van der Waals surface area contributed by atoms with Gasteiger partial charge in [-0.2, -0.15) is 4.31 Å². The van der Waals surface area contributed by atoms with Gasteiger partial charge in [-0.3, -0.25) is 4.79 Å². The summed E-state index contributed by atoms with van der Waals surface area (Å²) in [7, 11) is -2.33. The number of sulfonamides is 1. The van der Waals surface area contributed by atoms with Crippen molar-refractivity contribution in [2.75, 3.05) is 25.5 Å². The predicted molar refractivity (Wildman–Crippen MR) is 129 cm³/mol. The summed E-state index contributed by atoms with van der Waals surface area (Å²) < 4.78 is 48.5. The molecule has 1 N–H and O–H groups in total. The van der Waals surface area contributed by atoms with Crippen LogP contribution in [0.15, 0.2) is 53.4 Å². The molecular weight excluding hydrogens is 457 g/mol. The molecular formula is C25H28FN3O4S. The lowest BCUT2D eigenvalue weighted by molar-refractivity contribution is 0.102. The molecule has 34 heavy (non-hydrogen) atoms. The van der Waals surface area contributed by atoms with E-state index in [2.05, 4.69) is 5.32 Å². The molecule has 1 aliphatic rings. The summed E-state index contributed by atoms with van der Waals surface area (Å²) in [5, 5.41) is 2.82. The Kier molecular flexibility index (Phi) is 6.77. The lowest BCUT2D eigenvalue weighted by Gasteiger charge is -2.26. The molecule has 1 saturated heterocycles. The summed E-state index contributed by atoms with van der Waals surface area (Å²) in [6.07, 6.45) is 2.65. The summed E-state index contributed by atoms with van der Waals surface area (Å²) in [6.45, 7) is 4.62. The zero-order chi connectivity index (χ0) is 24.5. The molecule has 0 spiro atoms. The molecule has 0 atom stereocenters. The number of halogens is 1. The van der Waals surface area contributed by atoms with Crippen LogP contribution in [-0.4, -0.2) is 43.4 Å². The van der Waals surface area contributed by atoms with E-state index in [0.717, 1.165) is 30.6 Å². The molecule has 1 aliphatic heterocycles. The van der Waals surface area contributed by atoms with E-state index in [1.807, 2.05) is 18.4 Å². The van der Waals surface area contributed by atoms with Crippen molar-refractivity contribution in [3.8, 4) is 11.4 Å². The summed E-state index contributed by atoms with van der Waals surface area (Å²) in [5.74, 6) is -0.468. The second kappa shape index (κ2) is 9.60. The standard InChI is InChI=1S/C25H28FN3O4S/c1-17-15-22(18(2)29(17)21-10-7-19(26)8-11-21)25(30)27-20-9-12-23(33-3)24(16-20)34(31,32)28-13-5-4-6-14-28/h7-12,15-16H,4-6,13-14H2,1-3H3,(H,27,30). The third-order valence-corrected chi connectivity index (χ3v) is 8.03. The average molecular weight is 486 g/mol. The largest absolute Gasteiger partial charge is 0.495 e. The fraction of sp³-hybridized carbons (Fsp3) is 0.320. The minimum absolute atomic E-state index is 0.0338. The number of hydrogen-bond donors (Lipinski definition) is 1. The number of carbonyl (C=O) groups excluding carboxylic acids is 1. The van der Waals surface area contributed by atoms with Crippen molar-refractivity contribution in [2.24, 2.45) is 0 Å². The first-order chi connectivity index (χ1) is 16.2. The van der Waals surface area contributed by atoms with Crippen LogP contribution in [-0.2, 0) is 10.0 Å². The van der Waals surface area contributed by atoms with E-state index >= 15 is 0 Å². The monoisotopic (exact) mass is 485 g/mol. The van der Waals surface area contributed by atoms with Gasteiger partial charge in [0.1, 0.15) is 16.5 Å². The highest BCUT2D eigenvalue weighted by atomic mass is 32.2. The lowest BCUT2D eigenvalue weighted by Crippen LogP contribution is -2.35. The fourth-order valence-corrected chi connectivity index (χ4v) is 6.08. The Bertz CT molecular complexity index is 1310. The van der Waals surface area contributed by atoms with Crippen LogP contribution < -0.4 is 10.1 Å². The highest BCUT2D eigenvalue weighted by Crippen LogP contribution is 2.31. The van der Waals surface area contributed by atoms with Crippen LogP contribution in [0, 0.1) is 19.7 Å². The maximum atomic E-state index is 13.3. The smallest absolute Gasteiger partial charge is 0.257 e. The topological polar surface area (TPSA) is 80.6 Å². The Morgan fingerprint density at radius 2 is 1.68 bits per heavy atom. The number of aromatic nitrogens is 1. The number of carbonyl (C=O) groups is 1. The molecule has 1 fully saturated rings. The summed E-state index contributed by atoms with van der Waals surface area (Å²) in [5.41, 5.74) is 3.05. The molecule has 0 aliphatic carbocycles. The van der Waals surface area contributed by atoms with Crippen molar-refractivity contribution in [3.63, 3.8) is 0 Å². The first-order valence-corrected chi connectivity index (χ1v) is 12.6. The van der Waals surface area contributed by atoms with Gasteiger partial charge < -0.3 is 14.6 Å². The molecule has 1 aromatic heterocycles. The molecule has 0 unspecified atom stereocenters. The highest BCUT2D eigenvalue weighted by molar-refractivity contribution is 7.89. The summed E-state index contributed by atoms with van der Waals surface area (Å²) >= 11 is 0. The number of nitrogens with zero attached hydrogens (tertiary/aromatic N) is 2. The number of aryl methyl sites for hydroxylation is 1. The van der Waals surface area contributed by atoms with Crippen molar-refractivity contribution in [3.05, 3.63) is 71.3 Å². The van der Waals surface area contributed by atoms with E-state index in [1.54, 1.807) is 30.3 Å². The molecule has 1 amide bonds. The van der Waals surface area contributed by atoms with Crippen molar-refractivity contribution in [2.45, 2.75) is 38.0 Å². The first kappa shape index (κ1) is 24.0. The fourth-order valence-electron chi connectivity index (χ4n) is 4.38. The van der Waals surface area contributed by atoms with Gasteiger partial charge in [0.25, 0.3) is 5.91 Å². The second-order valence-electron chi connectivity index (χ2n) is 8.38. The number of ether oxygens (including phenoxy) is 1. The molecule has 0 bridgehead atoms. The Morgan fingerprint density at radius 1 is 1.00 bits per heavy atom. The maximum absolute atomic E-state index is 13.3. The Morgan fingerprint density at radius 3 is 2.32 bits per heavy atom. The first-order valence-electron chi connectivity index (χ1n) is 11.2. The average Bonchev–Trinajstić information content (AvgIpc) is 3.14. The van der Waals surface area contributed by atoms with Gasteiger partial charge in [0.2, 0.25) is 10.0 Å². The minimum Gasteiger partial charge on any atom is -0.495 e. The van der Waals surface area contributed by atoms with Crippen LogP contribution in [0.3, 0.4) is 0 Å². The van der Waals surface area contributed by atoms with Gasteiger partial charge >= 0.3 is 0 Å². The van der Waals surface area contributed by atoms with Gasteiger partial charge in [-0.25, -0.2) is 12.8 Å². The zero-order valence-electron chi connectivity index (χ0n) is 19.5. The van der Waals surface area contributed by atoms with Crippen LogP contribution in [0.2, 0.25) is 0 Å². The number of hydrogen-bond acceptors (Lipinski definition) is 4. The number of piperidine rings is 1. The van der Waals surface area contributed by atoms with Crippen molar-refractivity contribution >= 4 is 21.6 Å². The van der Waals surface area contributed by atoms with Gasteiger partial charge in [-0.1, -0.05) is 6.42 Å². The lowest BCUT2D eigenvalue weighted by atomic mass is 10.2. The van der Waals surface area contributed by atoms with E-state index in [4.69, 9.17) is 4.74 Å². The van der Waals surface area contributed by atoms with Gasteiger partial charge in [0.05, 0.1) is 12.7 Å². The normalized spacial score (nSPS) is 14.7. The summed E-state index contributed by atoms with van der Waals surface area (Å²) in [6, 6.07) is 12.4. The van der Waals surface area contributed by atoms with E-state index in [1.165, 1.54) is 29.6 Å². The molecule has 4 rings (SSSR count). The molecule has 3 aromatic rings. The minimum atomic E-state index is -3.76. The molecule has 2 aromatic carbocycles. The number of rotatable bonds is 6. The predicted octanol–water partition coefficient (Wildman–Crippen LogP) is 4.67. The van der Waals surface area contributed by atoms with Gasteiger partial charge in [-0.05, 0) is 75.2 Å². The molecule has 0 saturated carbocycles. The number of benzene rings is 2. The van der Waals surface area contributed by atoms with Crippen molar-refractivity contribution in [1.29, 1.82) is 0 Å². The number of anilines is 1. The van der Waals surface area contributed by atoms with Crippen LogP contribution in [0.25, 0.3) is 5.69 Å². The number of amides is 1. The zero-order valence-corrected chi connectivity index (χ0v) is 20.3. The number of methoxy groups -OCH3 is 1. The summed E-state index contributed by atoms with van der Waals surface area (Å²) in [4.78, 5) is 13.2. The molecule has 2 heterocycles. The van der Waals surface area contributed by atoms with Crippen LogP contribution >= 0.6 is 0 Å². The second-order valence-corrected chi connectivity index (χ2v) is 10.3. The Balaban J connectivity index is 1.63. The molecule has 7 nitrogen and oxygen atoms in total. The van der Waals surface area contributed by atoms with Gasteiger partial charge in [0, 0.05) is 35.9 Å².